The summed E-state index contributed by atoms with van der Waals surface area (Å²) in [6.45, 7) is 2.33. The van der Waals surface area contributed by atoms with Crippen molar-refractivity contribution >= 4 is 33.2 Å². The third-order valence-corrected chi connectivity index (χ3v) is 4.92. The van der Waals surface area contributed by atoms with Gasteiger partial charge in [-0.05, 0) is 37.3 Å². The number of carbonyl (C=O) groups is 1. The molecule has 124 valence electrons. The third kappa shape index (κ3) is 3.52. The summed E-state index contributed by atoms with van der Waals surface area (Å²) < 4.78 is 11.6. The van der Waals surface area contributed by atoms with Crippen LogP contribution in [0.3, 0.4) is 0 Å². The van der Waals surface area contributed by atoms with Gasteiger partial charge in [-0.15, -0.1) is 11.3 Å². The first kappa shape index (κ1) is 16.7. The van der Waals surface area contributed by atoms with Gasteiger partial charge >= 0.3 is 0 Å². The molecule has 0 aliphatic carbocycles. The number of ether oxygens (including phenoxy) is 1. The van der Waals surface area contributed by atoms with Crippen molar-refractivity contribution in [3.8, 4) is 16.4 Å². The van der Waals surface area contributed by atoms with E-state index in [1.807, 2.05) is 37.3 Å². The standard InChI is InChI=1S/C17H15BrN2O3S/c1-10-3-6-14(24-10)16-15(20-9-23-16)17(21)19-8-11-7-12(18)4-5-13(11)22-2/h3-7,9H,8H2,1-2H3,(H,19,21). The molecule has 0 unspecified atom stereocenters. The molecule has 0 bridgehead atoms. The number of rotatable bonds is 5. The van der Waals surface area contributed by atoms with E-state index in [1.165, 1.54) is 6.39 Å². The number of oxazole rings is 1. The number of benzene rings is 1. The second kappa shape index (κ2) is 7.19. The lowest BCUT2D eigenvalue weighted by Gasteiger charge is -2.10. The van der Waals surface area contributed by atoms with Crippen LogP contribution >= 0.6 is 27.3 Å². The van der Waals surface area contributed by atoms with Crippen LogP contribution in [-0.2, 0) is 6.54 Å². The van der Waals surface area contributed by atoms with Gasteiger partial charge in [0.15, 0.2) is 17.8 Å². The molecule has 1 aromatic carbocycles. The van der Waals surface area contributed by atoms with Crippen LogP contribution in [0, 0.1) is 6.92 Å². The summed E-state index contributed by atoms with van der Waals surface area (Å²) in [6, 6.07) is 9.55. The number of hydrogen-bond acceptors (Lipinski definition) is 5. The molecule has 0 spiro atoms. The zero-order chi connectivity index (χ0) is 17.1. The largest absolute Gasteiger partial charge is 0.496 e. The number of amides is 1. The van der Waals surface area contributed by atoms with Crippen LogP contribution in [0.2, 0.25) is 0 Å². The SMILES string of the molecule is COc1ccc(Br)cc1CNC(=O)c1ncoc1-c1ccc(C)s1. The lowest BCUT2D eigenvalue weighted by molar-refractivity contribution is 0.0946. The van der Waals surface area contributed by atoms with Crippen molar-refractivity contribution in [2.75, 3.05) is 7.11 Å². The van der Waals surface area contributed by atoms with E-state index in [0.29, 0.717) is 18.1 Å². The molecule has 3 rings (SSSR count). The molecule has 5 nitrogen and oxygen atoms in total. The van der Waals surface area contributed by atoms with Gasteiger partial charge in [-0.3, -0.25) is 4.79 Å². The van der Waals surface area contributed by atoms with Gasteiger partial charge in [-0.25, -0.2) is 4.98 Å². The minimum Gasteiger partial charge on any atom is -0.496 e. The Kier molecular flexibility index (Phi) is 5.01. The molecular formula is C17H15BrN2O3S. The van der Waals surface area contributed by atoms with Gasteiger partial charge in [-0.2, -0.15) is 0 Å². The molecule has 0 radical (unpaired) electrons. The number of aromatic nitrogens is 1. The summed E-state index contributed by atoms with van der Waals surface area (Å²) in [4.78, 5) is 18.6. The first-order valence-corrected chi connectivity index (χ1v) is 8.80. The maximum Gasteiger partial charge on any atom is 0.274 e. The van der Waals surface area contributed by atoms with E-state index in [0.717, 1.165) is 19.8 Å². The van der Waals surface area contributed by atoms with Crippen LogP contribution < -0.4 is 10.1 Å². The van der Waals surface area contributed by atoms with Crippen LogP contribution in [0.1, 0.15) is 20.9 Å². The van der Waals surface area contributed by atoms with Gasteiger partial charge in [-0.1, -0.05) is 15.9 Å². The van der Waals surface area contributed by atoms with Crippen molar-refractivity contribution in [3.63, 3.8) is 0 Å². The summed E-state index contributed by atoms with van der Waals surface area (Å²) in [6.07, 6.45) is 1.29. The number of thiophene rings is 1. The van der Waals surface area contributed by atoms with E-state index < -0.39 is 0 Å². The Labute approximate surface area is 151 Å². The number of nitrogens with zero attached hydrogens (tertiary/aromatic N) is 1. The van der Waals surface area contributed by atoms with Crippen LogP contribution in [0.5, 0.6) is 5.75 Å². The van der Waals surface area contributed by atoms with Crippen LogP contribution in [0.15, 0.2) is 45.6 Å². The van der Waals surface area contributed by atoms with E-state index in [2.05, 4.69) is 26.2 Å². The molecule has 0 fully saturated rings. The maximum absolute atomic E-state index is 12.5. The topological polar surface area (TPSA) is 64.4 Å². The number of aryl methyl sites for hydroxylation is 1. The lowest BCUT2D eigenvalue weighted by atomic mass is 10.2. The fourth-order valence-electron chi connectivity index (χ4n) is 2.28. The van der Waals surface area contributed by atoms with Crippen molar-refractivity contribution < 1.29 is 13.9 Å². The zero-order valence-corrected chi connectivity index (χ0v) is 15.5. The van der Waals surface area contributed by atoms with Crippen molar-refractivity contribution in [2.45, 2.75) is 13.5 Å². The number of nitrogens with one attached hydrogen (secondary N) is 1. The molecular weight excluding hydrogens is 392 g/mol. The Morgan fingerprint density at radius 1 is 1.38 bits per heavy atom. The number of halogens is 1. The molecule has 0 saturated heterocycles. The second-order valence-corrected chi connectivity index (χ2v) is 7.28. The highest BCUT2D eigenvalue weighted by Gasteiger charge is 2.19. The Morgan fingerprint density at radius 3 is 2.92 bits per heavy atom. The third-order valence-electron chi connectivity index (χ3n) is 3.43. The molecule has 7 heteroatoms. The minimum absolute atomic E-state index is 0.283. The Hall–Kier alpha value is -2.12. The van der Waals surface area contributed by atoms with E-state index in [9.17, 15) is 4.79 Å². The van der Waals surface area contributed by atoms with Crippen LogP contribution in [0.25, 0.3) is 10.6 Å². The number of methoxy groups -OCH3 is 1. The first-order valence-electron chi connectivity index (χ1n) is 7.19. The smallest absolute Gasteiger partial charge is 0.274 e. The van der Waals surface area contributed by atoms with E-state index in [-0.39, 0.29) is 11.6 Å². The summed E-state index contributed by atoms with van der Waals surface area (Å²) in [5, 5.41) is 2.86. The molecule has 2 aromatic heterocycles. The lowest BCUT2D eigenvalue weighted by Crippen LogP contribution is -2.24. The molecule has 0 saturated carbocycles. The summed E-state index contributed by atoms with van der Waals surface area (Å²) >= 11 is 4.98. The van der Waals surface area contributed by atoms with E-state index in [4.69, 9.17) is 9.15 Å². The van der Waals surface area contributed by atoms with E-state index in [1.54, 1.807) is 18.4 Å². The quantitative estimate of drug-likeness (QED) is 0.681. The highest BCUT2D eigenvalue weighted by Crippen LogP contribution is 2.30. The van der Waals surface area contributed by atoms with Crippen LogP contribution in [-0.4, -0.2) is 18.0 Å². The molecule has 24 heavy (non-hydrogen) atoms. The van der Waals surface area contributed by atoms with Gasteiger partial charge in [0.25, 0.3) is 5.91 Å². The molecule has 0 aliphatic heterocycles. The number of carbonyl (C=O) groups excluding carboxylic acids is 1. The summed E-state index contributed by atoms with van der Waals surface area (Å²) in [7, 11) is 1.60. The first-order chi connectivity index (χ1) is 11.6. The molecule has 1 amide bonds. The molecule has 0 atom stereocenters. The Bertz CT molecular complexity index is 872. The predicted molar refractivity (Wildman–Crippen MR) is 96.4 cm³/mol. The van der Waals surface area contributed by atoms with Crippen LogP contribution in [0.4, 0.5) is 0 Å². The Morgan fingerprint density at radius 2 is 2.21 bits per heavy atom. The van der Waals surface area contributed by atoms with Crippen molar-refractivity contribution in [1.29, 1.82) is 0 Å². The van der Waals surface area contributed by atoms with Gasteiger partial charge in [0, 0.05) is 21.5 Å². The van der Waals surface area contributed by atoms with Gasteiger partial charge in [0.1, 0.15) is 5.75 Å². The maximum atomic E-state index is 12.5. The summed E-state index contributed by atoms with van der Waals surface area (Å²) in [5.41, 5.74) is 1.16. The molecule has 2 heterocycles. The van der Waals surface area contributed by atoms with Gasteiger partial charge < -0.3 is 14.5 Å². The molecule has 1 N–H and O–H groups in total. The van der Waals surface area contributed by atoms with Gasteiger partial charge in [0.05, 0.1) is 12.0 Å². The second-order valence-electron chi connectivity index (χ2n) is 5.08. The average molecular weight is 407 g/mol. The monoisotopic (exact) mass is 406 g/mol. The molecule has 3 aromatic rings. The fraction of sp³-hybridized carbons (Fsp3) is 0.176. The van der Waals surface area contributed by atoms with Crippen molar-refractivity contribution in [3.05, 3.63) is 57.3 Å². The average Bonchev–Trinajstić information content (AvgIpc) is 3.21. The van der Waals surface area contributed by atoms with Crippen molar-refractivity contribution in [2.24, 2.45) is 0 Å². The predicted octanol–water partition coefficient (Wildman–Crippen LogP) is 4.41. The molecule has 0 aliphatic rings. The number of hydrogen-bond donors (Lipinski definition) is 1. The fourth-order valence-corrected chi connectivity index (χ4v) is 3.55. The Balaban J connectivity index is 1.77. The van der Waals surface area contributed by atoms with Crippen molar-refractivity contribution in [1.82, 2.24) is 10.3 Å². The normalized spacial score (nSPS) is 10.6. The highest BCUT2D eigenvalue weighted by molar-refractivity contribution is 9.10. The zero-order valence-electron chi connectivity index (χ0n) is 13.1. The summed E-state index contributed by atoms with van der Waals surface area (Å²) in [5.74, 6) is 0.923. The van der Waals surface area contributed by atoms with Gasteiger partial charge in [0.2, 0.25) is 0 Å². The highest BCUT2D eigenvalue weighted by atomic mass is 79.9. The van der Waals surface area contributed by atoms with E-state index >= 15 is 0 Å². The minimum atomic E-state index is -0.285.